The van der Waals surface area contributed by atoms with Crippen LogP contribution >= 0.6 is 0 Å². The molecule has 3 N–H and O–H groups in total. The monoisotopic (exact) mass is 224 g/mol. The van der Waals surface area contributed by atoms with Crippen LogP contribution in [0.3, 0.4) is 0 Å². The van der Waals surface area contributed by atoms with Crippen molar-refractivity contribution in [3.05, 3.63) is 22.2 Å². The molecule has 1 amide bonds. The summed E-state index contributed by atoms with van der Waals surface area (Å²) >= 11 is 0. The van der Waals surface area contributed by atoms with Crippen molar-refractivity contribution in [2.24, 2.45) is 0 Å². The number of aryl methyl sites for hydroxylation is 1. The first-order chi connectivity index (χ1) is 7.61. The van der Waals surface area contributed by atoms with E-state index in [4.69, 9.17) is 0 Å². The third-order valence-corrected chi connectivity index (χ3v) is 1.89. The van der Waals surface area contributed by atoms with Gasteiger partial charge in [0.2, 0.25) is 5.91 Å². The van der Waals surface area contributed by atoms with E-state index in [0.717, 1.165) is 0 Å². The van der Waals surface area contributed by atoms with E-state index in [9.17, 15) is 9.59 Å². The quantitative estimate of drug-likeness (QED) is 0.658. The van der Waals surface area contributed by atoms with E-state index in [1.165, 1.54) is 6.07 Å². The Hall–Kier alpha value is -1.85. The minimum absolute atomic E-state index is 0.0171. The molecule has 6 nitrogen and oxygen atoms in total. The summed E-state index contributed by atoms with van der Waals surface area (Å²) in [4.78, 5) is 28.8. The minimum atomic E-state index is -0.201. The van der Waals surface area contributed by atoms with Crippen molar-refractivity contribution in [2.45, 2.75) is 20.3 Å². The van der Waals surface area contributed by atoms with Crippen LogP contribution in [0, 0.1) is 6.92 Å². The molecular formula is C10H16N4O2. The van der Waals surface area contributed by atoms with Crippen LogP contribution < -0.4 is 16.2 Å². The summed E-state index contributed by atoms with van der Waals surface area (Å²) in [6.45, 7) is 4.66. The molecule has 0 aliphatic rings. The molecule has 1 heterocycles. The molecule has 6 heteroatoms. The molecule has 1 aromatic rings. The van der Waals surface area contributed by atoms with Gasteiger partial charge in [0, 0.05) is 25.6 Å². The second-order valence-electron chi connectivity index (χ2n) is 3.35. The summed E-state index contributed by atoms with van der Waals surface area (Å²) in [7, 11) is 0. The van der Waals surface area contributed by atoms with Crippen LogP contribution in [0.25, 0.3) is 0 Å². The van der Waals surface area contributed by atoms with E-state index < -0.39 is 0 Å². The highest BCUT2D eigenvalue weighted by Crippen LogP contribution is 1.97. The number of hydrogen-bond acceptors (Lipinski definition) is 4. The van der Waals surface area contributed by atoms with E-state index in [1.807, 2.05) is 6.92 Å². The zero-order chi connectivity index (χ0) is 12.0. The van der Waals surface area contributed by atoms with Gasteiger partial charge in [0.05, 0.1) is 0 Å². The number of H-pyrrole nitrogens is 1. The maximum absolute atomic E-state index is 11.1. The maximum Gasteiger partial charge on any atom is 0.252 e. The summed E-state index contributed by atoms with van der Waals surface area (Å²) < 4.78 is 0. The first kappa shape index (κ1) is 12.2. The lowest BCUT2D eigenvalue weighted by Gasteiger charge is -2.05. The van der Waals surface area contributed by atoms with Crippen LogP contribution in [0.15, 0.2) is 10.9 Å². The number of rotatable bonds is 5. The van der Waals surface area contributed by atoms with Crippen molar-refractivity contribution in [2.75, 3.05) is 18.4 Å². The van der Waals surface area contributed by atoms with E-state index >= 15 is 0 Å². The smallest absolute Gasteiger partial charge is 0.252 e. The van der Waals surface area contributed by atoms with Crippen molar-refractivity contribution in [3.63, 3.8) is 0 Å². The molecule has 16 heavy (non-hydrogen) atoms. The Bertz CT molecular complexity index is 414. The van der Waals surface area contributed by atoms with Crippen LogP contribution in [0.4, 0.5) is 5.82 Å². The van der Waals surface area contributed by atoms with E-state index in [0.29, 0.717) is 31.2 Å². The predicted molar refractivity (Wildman–Crippen MR) is 61.4 cm³/mol. The number of aromatic nitrogens is 2. The van der Waals surface area contributed by atoms with Gasteiger partial charge < -0.3 is 15.6 Å². The first-order valence-corrected chi connectivity index (χ1v) is 5.20. The van der Waals surface area contributed by atoms with Gasteiger partial charge in [-0.05, 0) is 13.8 Å². The molecule has 0 saturated heterocycles. The van der Waals surface area contributed by atoms with Gasteiger partial charge in [-0.25, -0.2) is 4.98 Å². The number of anilines is 1. The van der Waals surface area contributed by atoms with Crippen LogP contribution in [0.5, 0.6) is 0 Å². The van der Waals surface area contributed by atoms with Gasteiger partial charge in [0.25, 0.3) is 5.56 Å². The van der Waals surface area contributed by atoms with Gasteiger partial charge in [-0.3, -0.25) is 9.59 Å². The third kappa shape index (κ3) is 4.12. The van der Waals surface area contributed by atoms with Crippen molar-refractivity contribution in [3.8, 4) is 0 Å². The first-order valence-electron chi connectivity index (χ1n) is 5.20. The lowest BCUT2D eigenvalue weighted by atomic mass is 10.4. The number of nitrogens with one attached hydrogen (secondary N) is 3. The molecule has 0 aliphatic heterocycles. The molecular weight excluding hydrogens is 208 g/mol. The fraction of sp³-hybridized carbons (Fsp3) is 0.500. The maximum atomic E-state index is 11.1. The molecule has 0 spiro atoms. The van der Waals surface area contributed by atoms with Gasteiger partial charge in [0.15, 0.2) is 0 Å². The van der Waals surface area contributed by atoms with Crippen LogP contribution in [-0.4, -0.2) is 29.0 Å². The summed E-state index contributed by atoms with van der Waals surface area (Å²) in [6, 6.07) is 1.37. The van der Waals surface area contributed by atoms with Gasteiger partial charge in [-0.2, -0.15) is 0 Å². The van der Waals surface area contributed by atoms with Gasteiger partial charge >= 0.3 is 0 Å². The second-order valence-corrected chi connectivity index (χ2v) is 3.35. The average Bonchev–Trinajstić information content (AvgIpc) is 2.16. The Morgan fingerprint density at radius 1 is 1.56 bits per heavy atom. The van der Waals surface area contributed by atoms with Crippen LogP contribution in [-0.2, 0) is 4.79 Å². The molecule has 1 rings (SSSR count). The van der Waals surface area contributed by atoms with Crippen LogP contribution in [0.1, 0.15) is 19.2 Å². The molecule has 0 fully saturated rings. The highest BCUT2D eigenvalue weighted by molar-refractivity contribution is 5.76. The minimum Gasteiger partial charge on any atom is -0.369 e. The number of nitrogens with zero attached hydrogens (tertiary/aromatic N) is 1. The molecule has 88 valence electrons. The standard InChI is InChI=1S/C10H16N4O2/c1-3-11-9(15)4-5-12-8-6-10(16)14-7(2)13-8/h6H,3-5H2,1-2H3,(H,11,15)(H2,12,13,14,16). The molecule has 0 radical (unpaired) electrons. The van der Waals surface area contributed by atoms with Gasteiger partial charge in [-0.15, -0.1) is 0 Å². The molecule has 0 saturated carbocycles. The Balaban J connectivity index is 2.43. The highest BCUT2D eigenvalue weighted by atomic mass is 16.1. The number of carbonyl (C=O) groups excluding carboxylic acids is 1. The molecule has 0 unspecified atom stereocenters. The fourth-order valence-electron chi connectivity index (χ4n) is 1.26. The normalized spacial score (nSPS) is 9.88. The van der Waals surface area contributed by atoms with Crippen molar-refractivity contribution in [1.29, 1.82) is 0 Å². The number of aromatic amines is 1. The summed E-state index contributed by atoms with van der Waals surface area (Å²) in [5.74, 6) is 1.02. The van der Waals surface area contributed by atoms with Gasteiger partial charge in [0.1, 0.15) is 11.6 Å². The van der Waals surface area contributed by atoms with Gasteiger partial charge in [-0.1, -0.05) is 0 Å². The Labute approximate surface area is 93.5 Å². The second kappa shape index (κ2) is 5.89. The zero-order valence-corrected chi connectivity index (χ0v) is 9.46. The molecule has 0 atom stereocenters. The lowest BCUT2D eigenvalue weighted by molar-refractivity contribution is -0.120. The topological polar surface area (TPSA) is 86.9 Å². The molecule has 0 aromatic carbocycles. The Morgan fingerprint density at radius 2 is 2.31 bits per heavy atom. The summed E-state index contributed by atoms with van der Waals surface area (Å²) in [5, 5.41) is 5.61. The SMILES string of the molecule is CCNC(=O)CCNc1cc(=O)[nH]c(C)n1. The van der Waals surface area contributed by atoms with E-state index in [2.05, 4.69) is 20.6 Å². The molecule has 1 aromatic heterocycles. The fourth-order valence-corrected chi connectivity index (χ4v) is 1.26. The lowest BCUT2D eigenvalue weighted by Crippen LogP contribution is -2.25. The molecule has 0 aliphatic carbocycles. The van der Waals surface area contributed by atoms with E-state index in [-0.39, 0.29) is 11.5 Å². The predicted octanol–water partition coefficient (Wildman–Crippen LogP) is 0.0164. The number of carbonyl (C=O) groups is 1. The van der Waals surface area contributed by atoms with Crippen molar-refractivity contribution in [1.82, 2.24) is 15.3 Å². The third-order valence-electron chi connectivity index (χ3n) is 1.89. The van der Waals surface area contributed by atoms with Crippen LogP contribution in [0.2, 0.25) is 0 Å². The summed E-state index contributed by atoms with van der Waals surface area (Å²) in [5.41, 5.74) is -0.201. The van der Waals surface area contributed by atoms with E-state index in [1.54, 1.807) is 6.92 Å². The van der Waals surface area contributed by atoms with Crippen molar-refractivity contribution < 1.29 is 4.79 Å². The zero-order valence-electron chi connectivity index (χ0n) is 9.46. The Kier molecular flexibility index (Phi) is 4.50. The van der Waals surface area contributed by atoms with Crippen molar-refractivity contribution >= 4 is 11.7 Å². The largest absolute Gasteiger partial charge is 0.369 e. The highest BCUT2D eigenvalue weighted by Gasteiger charge is 2.00. The summed E-state index contributed by atoms with van der Waals surface area (Å²) in [6.07, 6.45) is 0.362. The molecule has 0 bridgehead atoms. The Morgan fingerprint density at radius 3 is 2.94 bits per heavy atom. The number of hydrogen-bond donors (Lipinski definition) is 3. The average molecular weight is 224 g/mol. The number of amides is 1.